The largest absolute Gasteiger partial charge is 0.496 e. The summed E-state index contributed by atoms with van der Waals surface area (Å²) in [6.07, 6.45) is 4.55. The lowest BCUT2D eigenvalue weighted by molar-refractivity contribution is 0.0499. The zero-order chi connectivity index (χ0) is 18.4. The van der Waals surface area contributed by atoms with Crippen LogP contribution in [0.1, 0.15) is 23.1 Å². The van der Waals surface area contributed by atoms with Gasteiger partial charge in [-0.25, -0.2) is 0 Å². The minimum absolute atomic E-state index is 0.226. The number of piperazine rings is 1. The van der Waals surface area contributed by atoms with E-state index < -0.39 is 0 Å². The summed E-state index contributed by atoms with van der Waals surface area (Å²) in [5.41, 5.74) is 3.71. The first-order valence-electron chi connectivity index (χ1n) is 9.29. The van der Waals surface area contributed by atoms with Crippen molar-refractivity contribution in [1.29, 1.82) is 0 Å². The van der Waals surface area contributed by atoms with E-state index in [1.807, 2.05) is 24.5 Å². The van der Waals surface area contributed by atoms with Crippen molar-refractivity contribution in [2.45, 2.75) is 32.5 Å². The van der Waals surface area contributed by atoms with Crippen molar-refractivity contribution in [2.24, 2.45) is 0 Å². The zero-order valence-electron chi connectivity index (χ0n) is 15.8. The minimum atomic E-state index is 0.226. The Morgan fingerprint density at radius 1 is 1.19 bits per heavy atom. The molecule has 0 aliphatic carbocycles. The molecule has 0 bridgehead atoms. The number of aryl methyl sites for hydroxylation is 1. The summed E-state index contributed by atoms with van der Waals surface area (Å²) in [6, 6.07) is 10.9. The van der Waals surface area contributed by atoms with Gasteiger partial charge in [-0.05, 0) is 42.2 Å². The molecule has 0 unspecified atom stereocenters. The molecule has 1 saturated heterocycles. The van der Waals surface area contributed by atoms with Crippen LogP contribution in [0.5, 0.6) is 5.75 Å². The van der Waals surface area contributed by atoms with Crippen molar-refractivity contribution in [2.75, 3.05) is 33.4 Å². The van der Waals surface area contributed by atoms with Crippen LogP contribution in [0.25, 0.3) is 0 Å². The van der Waals surface area contributed by atoms with Crippen LogP contribution in [0, 0.1) is 6.92 Å². The Bertz CT molecular complexity index is 693. The lowest BCUT2D eigenvalue weighted by atomic mass is 10.0. The fraction of sp³-hybridized carbons (Fsp3) is 0.476. The maximum absolute atomic E-state index is 9.52. The van der Waals surface area contributed by atoms with Crippen molar-refractivity contribution in [1.82, 2.24) is 14.8 Å². The number of hydrogen-bond donors (Lipinski definition) is 1. The molecule has 0 spiro atoms. The fourth-order valence-electron chi connectivity index (χ4n) is 3.76. The second kappa shape index (κ2) is 9.12. The van der Waals surface area contributed by atoms with Crippen molar-refractivity contribution in [3.05, 3.63) is 59.4 Å². The first-order valence-corrected chi connectivity index (χ1v) is 9.29. The molecular formula is C21H29N3O2. The highest BCUT2D eigenvalue weighted by Crippen LogP contribution is 2.22. The molecule has 1 aromatic carbocycles. The van der Waals surface area contributed by atoms with Crippen LogP contribution in [0.2, 0.25) is 0 Å². The third kappa shape index (κ3) is 4.81. The fourth-order valence-corrected chi connectivity index (χ4v) is 3.76. The SMILES string of the molecule is COc1ccc(CN2CCN(Cc3cccnc3)C[C@@H]2CCO)cc1C. The molecule has 1 N–H and O–H groups in total. The number of methoxy groups -OCH3 is 1. The number of ether oxygens (including phenoxy) is 1. The summed E-state index contributed by atoms with van der Waals surface area (Å²) >= 11 is 0. The number of aromatic nitrogens is 1. The van der Waals surface area contributed by atoms with Gasteiger partial charge in [0.25, 0.3) is 0 Å². The summed E-state index contributed by atoms with van der Waals surface area (Å²) in [6.45, 7) is 7.16. The standard InChI is InChI=1S/C21H29N3O2/c1-17-12-18(5-6-21(17)26-2)15-24-10-9-23(16-20(24)7-11-25)14-19-4-3-8-22-13-19/h3-6,8,12-13,20,25H,7,9-11,14-16H2,1-2H3/t20-/m0/s1. The van der Waals surface area contributed by atoms with Crippen molar-refractivity contribution < 1.29 is 9.84 Å². The molecule has 0 saturated carbocycles. The Hall–Kier alpha value is -1.95. The van der Waals surface area contributed by atoms with Gasteiger partial charge < -0.3 is 9.84 Å². The van der Waals surface area contributed by atoms with Gasteiger partial charge in [-0.15, -0.1) is 0 Å². The van der Waals surface area contributed by atoms with Gasteiger partial charge >= 0.3 is 0 Å². The van der Waals surface area contributed by atoms with Crippen LogP contribution in [0.3, 0.4) is 0 Å². The van der Waals surface area contributed by atoms with E-state index >= 15 is 0 Å². The number of aliphatic hydroxyl groups excluding tert-OH is 1. The number of rotatable bonds is 7. The average molecular weight is 355 g/mol. The summed E-state index contributed by atoms with van der Waals surface area (Å²) in [5.74, 6) is 0.932. The van der Waals surface area contributed by atoms with Crippen LogP contribution in [0.15, 0.2) is 42.7 Å². The van der Waals surface area contributed by atoms with Gasteiger partial charge in [0.2, 0.25) is 0 Å². The van der Waals surface area contributed by atoms with Crippen LogP contribution in [-0.4, -0.2) is 59.3 Å². The average Bonchev–Trinajstić information content (AvgIpc) is 2.65. The van der Waals surface area contributed by atoms with E-state index in [0.717, 1.165) is 44.9 Å². The first-order chi connectivity index (χ1) is 12.7. The molecule has 26 heavy (non-hydrogen) atoms. The molecule has 2 heterocycles. The molecule has 1 aliphatic heterocycles. The lowest BCUT2D eigenvalue weighted by Crippen LogP contribution is -2.52. The Morgan fingerprint density at radius 2 is 2.08 bits per heavy atom. The number of nitrogens with zero attached hydrogens (tertiary/aromatic N) is 3. The molecule has 1 aliphatic rings. The Balaban J connectivity index is 1.63. The maximum Gasteiger partial charge on any atom is 0.121 e. The van der Waals surface area contributed by atoms with E-state index in [9.17, 15) is 5.11 Å². The van der Waals surface area contributed by atoms with Gasteiger partial charge in [0, 0.05) is 57.8 Å². The molecule has 1 atom stereocenters. The van der Waals surface area contributed by atoms with Crippen LogP contribution < -0.4 is 4.74 Å². The number of benzene rings is 1. The highest BCUT2D eigenvalue weighted by Gasteiger charge is 2.26. The molecular weight excluding hydrogens is 326 g/mol. The number of pyridine rings is 1. The van der Waals surface area contributed by atoms with Gasteiger partial charge in [0.1, 0.15) is 5.75 Å². The van der Waals surface area contributed by atoms with E-state index in [2.05, 4.69) is 39.9 Å². The van der Waals surface area contributed by atoms with Gasteiger partial charge in [0.05, 0.1) is 7.11 Å². The number of hydrogen-bond acceptors (Lipinski definition) is 5. The predicted octanol–water partition coefficient (Wildman–Crippen LogP) is 2.47. The quantitative estimate of drug-likeness (QED) is 0.827. The van der Waals surface area contributed by atoms with E-state index in [1.54, 1.807) is 7.11 Å². The summed E-state index contributed by atoms with van der Waals surface area (Å²) < 4.78 is 5.36. The third-order valence-corrected chi connectivity index (χ3v) is 5.13. The Labute approximate surface area is 156 Å². The molecule has 2 aromatic rings. The summed E-state index contributed by atoms with van der Waals surface area (Å²) in [7, 11) is 1.71. The van der Waals surface area contributed by atoms with Crippen molar-refractivity contribution in [3.63, 3.8) is 0 Å². The molecule has 3 rings (SSSR count). The first kappa shape index (κ1) is 18.8. The second-order valence-corrected chi connectivity index (χ2v) is 7.04. The Morgan fingerprint density at radius 3 is 2.77 bits per heavy atom. The molecule has 140 valence electrons. The van der Waals surface area contributed by atoms with E-state index in [4.69, 9.17) is 4.74 Å². The molecule has 1 aromatic heterocycles. The van der Waals surface area contributed by atoms with Crippen LogP contribution in [0.4, 0.5) is 0 Å². The maximum atomic E-state index is 9.52. The smallest absolute Gasteiger partial charge is 0.121 e. The highest BCUT2D eigenvalue weighted by atomic mass is 16.5. The monoisotopic (exact) mass is 355 g/mol. The Kier molecular flexibility index (Phi) is 6.61. The highest BCUT2D eigenvalue weighted by molar-refractivity contribution is 5.36. The predicted molar refractivity (Wildman–Crippen MR) is 103 cm³/mol. The van der Waals surface area contributed by atoms with Crippen molar-refractivity contribution in [3.8, 4) is 5.75 Å². The van der Waals surface area contributed by atoms with Gasteiger partial charge in [-0.1, -0.05) is 18.2 Å². The van der Waals surface area contributed by atoms with Gasteiger partial charge in [0.15, 0.2) is 0 Å². The molecule has 1 fully saturated rings. The van der Waals surface area contributed by atoms with Gasteiger partial charge in [-0.2, -0.15) is 0 Å². The summed E-state index contributed by atoms with van der Waals surface area (Å²) in [4.78, 5) is 9.17. The topological polar surface area (TPSA) is 48.8 Å². The van der Waals surface area contributed by atoms with Crippen LogP contribution >= 0.6 is 0 Å². The molecule has 5 heteroatoms. The lowest BCUT2D eigenvalue weighted by Gasteiger charge is -2.41. The second-order valence-electron chi connectivity index (χ2n) is 7.04. The van der Waals surface area contributed by atoms with E-state index in [0.29, 0.717) is 6.04 Å². The number of aliphatic hydroxyl groups is 1. The van der Waals surface area contributed by atoms with Gasteiger partial charge in [-0.3, -0.25) is 14.8 Å². The zero-order valence-corrected chi connectivity index (χ0v) is 15.8. The summed E-state index contributed by atoms with van der Waals surface area (Å²) in [5, 5.41) is 9.52. The van der Waals surface area contributed by atoms with E-state index in [1.165, 1.54) is 16.7 Å². The minimum Gasteiger partial charge on any atom is -0.496 e. The third-order valence-electron chi connectivity index (χ3n) is 5.13. The molecule has 0 radical (unpaired) electrons. The molecule has 0 amide bonds. The van der Waals surface area contributed by atoms with Crippen molar-refractivity contribution >= 4 is 0 Å². The normalized spacial score (nSPS) is 18.8. The molecule has 5 nitrogen and oxygen atoms in total. The van der Waals surface area contributed by atoms with E-state index in [-0.39, 0.29) is 6.61 Å². The van der Waals surface area contributed by atoms with Crippen LogP contribution in [-0.2, 0) is 13.1 Å².